The molecule has 1 amide bonds. The molecule has 21 heavy (non-hydrogen) atoms. The predicted octanol–water partition coefficient (Wildman–Crippen LogP) is 2.27. The van der Waals surface area contributed by atoms with Crippen LogP contribution in [0, 0.1) is 10.1 Å². The third-order valence-electron chi connectivity index (χ3n) is 2.72. The van der Waals surface area contributed by atoms with Crippen LogP contribution in [0.1, 0.15) is 23.7 Å². The van der Waals surface area contributed by atoms with E-state index in [4.69, 9.17) is 11.6 Å². The molecule has 0 fully saturated rings. The zero-order chi connectivity index (χ0) is 16.0. The summed E-state index contributed by atoms with van der Waals surface area (Å²) in [5.41, 5.74) is -0.0915. The van der Waals surface area contributed by atoms with Gasteiger partial charge in [0, 0.05) is 18.7 Å². The van der Waals surface area contributed by atoms with Gasteiger partial charge >= 0.3 is 5.97 Å². The van der Waals surface area contributed by atoms with Gasteiger partial charge in [0.15, 0.2) is 0 Å². The Kier molecular flexibility index (Phi) is 6.10. The number of esters is 1. The Morgan fingerprint density at radius 1 is 1.43 bits per heavy atom. The average molecular weight is 315 g/mol. The van der Waals surface area contributed by atoms with E-state index < -0.39 is 16.8 Å². The molecule has 7 nitrogen and oxygen atoms in total. The fraction of sp³-hybridized carbons (Fsp3) is 0.385. The number of carbonyl (C=O) groups excluding carboxylic acids is 2. The van der Waals surface area contributed by atoms with Crippen molar-refractivity contribution in [2.45, 2.75) is 13.3 Å². The van der Waals surface area contributed by atoms with Crippen LogP contribution >= 0.6 is 11.6 Å². The van der Waals surface area contributed by atoms with Crippen LogP contribution in [0.25, 0.3) is 0 Å². The predicted molar refractivity (Wildman–Crippen MR) is 76.3 cm³/mol. The number of nitro benzene ring substituents is 1. The molecule has 8 heteroatoms. The van der Waals surface area contributed by atoms with Crippen molar-refractivity contribution in [3.8, 4) is 0 Å². The number of non-ortho nitro benzene ring substituents is 1. The summed E-state index contributed by atoms with van der Waals surface area (Å²) in [4.78, 5) is 35.0. The van der Waals surface area contributed by atoms with Crippen molar-refractivity contribution in [1.29, 1.82) is 0 Å². The van der Waals surface area contributed by atoms with Gasteiger partial charge in [-0.05, 0) is 12.5 Å². The van der Waals surface area contributed by atoms with Crippen molar-refractivity contribution in [3.63, 3.8) is 0 Å². The smallest absolute Gasteiger partial charge is 0.325 e. The van der Waals surface area contributed by atoms with Crippen molar-refractivity contribution in [2.75, 3.05) is 20.2 Å². The minimum atomic E-state index is -0.599. The Labute approximate surface area is 126 Å². The summed E-state index contributed by atoms with van der Waals surface area (Å²) < 4.78 is 4.54. The molecule has 0 heterocycles. The second kappa shape index (κ2) is 7.58. The fourth-order valence-corrected chi connectivity index (χ4v) is 1.96. The van der Waals surface area contributed by atoms with Gasteiger partial charge in [-0.2, -0.15) is 0 Å². The molecule has 0 aliphatic carbocycles. The molecule has 1 aromatic carbocycles. The third kappa shape index (κ3) is 4.42. The molecule has 0 spiro atoms. The Morgan fingerprint density at radius 3 is 2.57 bits per heavy atom. The van der Waals surface area contributed by atoms with Gasteiger partial charge in [0.1, 0.15) is 6.54 Å². The monoisotopic (exact) mass is 314 g/mol. The molecule has 0 radical (unpaired) electrons. The number of methoxy groups -OCH3 is 1. The zero-order valence-corrected chi connectivity index (χ0v) is 12.4. The number of nitrogens with zero attached hydrogens (tertiary/aromatic N) is 2. The van der Waals surface area contributed by atoms with Crippen molar-refractivity contribution in [2.24, 2.45) is 0 Å². The van der Waals surface area contributed by atoms with Crippen LogP contribution in [0.3, 0.4) is 0 Å². The number of benzene rings is 1. The normalized spacial score (nSPS) is 10.0. The van der Waals surface area contributed by atoms with Crippen LogP contribution in [0.5, 0.6) is 0 Å². The van der Waals surface area contributed by atoms with E-state index in [1.165, 1.54) is 24.1 Å². The Balaban J connectivity index is 3.03. The van der Waals surface area contributed by atoms with Crippen LogP contribution in [0.15, 0.2) is 18.2 Å². The molecule has 0 atom stereocenters. The molecule has 0 bridgehead atoms. The lowest BCUT2D eigenvalue weighted by molar-refractivity contribution is -0.384. The van der Waals surface area contributed by atoms with Crippen LogP contribution in [-0.2, 0) is 9.53 Å². The number of ether oxygens (including phenoxy) is 1. The minimum Gasteiger partial charge on any atom is -0.468 e. The van der Waals surface area contributed by atoms with Gasteiger partial charge in [0.05, 0.1) is 22.6 Å². The zero-order valence-electron chi connectivity index (χ0n) is 11.7. The largest absolute Gasteiger partial charge is 0.468 e. The number of halogens is 1. The Hall–Kier alpha value is -2.15. The van der Waals surface area contributed by atoms with Crippen LogP contribution in [0.4, 0.5) is 5.69 Å². The summed E-state index contributed by atoms with van der Waals surface area (Å²) >= 11 is 5.91. The van der Waals surface area contributed by atoms with E-state index >= 15 is 0 Å². The highest BCUT2D eigenvalue weighted by atomic mass is 35.5. The highest BCUT2D eigenvalue weighted by Gasteiger charge is 2.22. The molecule has 1 rings (SSSR count). The van der Waals surface area contributed by atoms with Gasteiger partial charge in [-0.15, -0.1) is 0 Å². The Morgan fingerprint density at radius 2 is 2.10 bits per heavy atom. The summed E-state index contributed by atoms with van der Waals surface area (Å²) in [6.45, 7) is 2.01. The molecule has 0 N–H and O–H groups in total. The van der Waals surface area contributed by atoms with Crippen LogP contribution < -0.4 is 0 Å². The molecule has 0 saturated carbocycles. The quantitative estimate of drug-likeness (QED) is 0.456. The van der Waals surface area contributed by atoms with Gasteiger partial charge in [-0.25, -0.2) is 0 Å². The summed E-state index contributed by atoms with van der Waals surface area (Å²) in [7, 11) is 1.23. The number of carbonyl (C=O) groups is 2. The summed E-state index contributed by atoms with van der Waals surface area (Å²) in [5, 5.41) is 10.6. The van der Waals surface area contributed by atoms with Gasteiger partial charge in [0.25, 0.3) is 11.6 Å². The molecule has 0 aliphatic rings. The molecular formula is C13H15ClN2O5. The lowest BCUT2D eigenvalue weighted by Gasteiger charge is -2.21. The molecule has 0 aliphatic heterocycles. The molecule has 0 aromatic heterocycles. The lowest BCUT2D eigenvalue weighted by atomic mass is 10.1. The maximum atomic E-state index is 12.4. The molecule has 114 valence electrons. The molecule has 0 saturated heterocycles. The maximum absolute atomic E-state index is 12.4. The van der Waals surface area contributed by atoms with Gasteiger partial charge < -0.3 is 9.64 Å². The third-order valence-corrected chi connectivity index (χ3v) is 3.03. The van der Waals surface area contributed by atoms with Gasteiger partial charge in [0.2, 0.25) is 0 Å². The number of rotatable bonds is 6. The number of nitro groups is 1. The first kappa shape index (κ1) is 16.9. The van der Waals surface area contributed by atoms with E-state index in [-0.39, 0.29) is 22.8 Å². The minimum absolute atomic E-state index is 0.0276. The first-order valence-electron chi connectivity index (χ1n) is 6.20. The topological polar surface area (TPSA) is 89.8 Å². The van der Waals surface area contributed by atoms with Crippen molar-refractivity contribution < 1.29 is 19.2 Å². The van der Waals surface area contributed by atoms with E-state index in [2.05, 4.69) is 4.74 Å². The van der Waals surface area contributed by atoms with Crippen LogP contribution in [-0.4, -0.2) is 41.9 Å². The van der Waals surface area contributed by atoms with Crippen molar-refractivity contribution in [1.82, 2.24) is 4.90 Å². The van der Waals surface area contributed by atoms with Crippen molar-refractivity contribution >= 4 is 29.2 Å². The van der Waals surface area contributed by atoms with Crippen molar-refractivity contribution in [3.05, 3.63) is 38.9 Å². The molecule has 0 unspecified atom stereocenters. The van der Waals surface area contributed by atoms with E-state index in [0.29, 0.717) is 13.0 Å². The number of amides is 1. The van der Waals surface area contributed by atoms with E-state index in [0.717, 1.165) is 6.07 Å². The first-order chi connectivity index (χ1) is 9.90. The van der Waals surface area contributed by atoms with E-state index in [1.807, 2.05) is 6.92 Å². The Bertz CT molecular complexity index is 561. The summed E-state index contributed by atoms with van der Waals surface area (Å²) in [5.74, 6) is -1.02. The highest BCUT2D eigenvalue weighted by molar-refractivity contribution is 6.34. The molecule has 1 aromatic rings. The number of hydrogen-bond acceptors (Lipinski definition) is 5. The standard InChI is InChI=1S/C13H15ClN2O5/c1-3-6-15(8-12(17)21-2)13(18)10-5-4-9(16(19)20)7-11(10)14/h4-5,7H,3,6,8H2,1-2H3. The number of hydrogen-bond donors (Lipinski definition) is 0. The fourth-order valence-electron chi connectivity index (χ4n) is 1.70. The summed E-state index contributed by atoms with van der Waals surface area (Å²) in [6.07, 6.45) is 0.646. The van der Waals surface area contributed by atoms with Gasteiger partial charge in [-0.1, -0.05) is 18.5 Å². The highest BCUT2D eigenvalue weighted by Crippen LogP contribution is 2.23. The first-order valence-corrected chi connectivity index (χ1v) is 6.58. The second-order valence-electron chi connectivity index (χ2n) is 4.22. The molecular weight excluding hydrogens is 300 g/mol. The second-order valence-corrected chi connectivity index (χ2v) is 4.63. The van der Waals surface area contributed by atoms with Crippen LogP contribution in [0.2, 0.25) is 5.02 Å². The SMILES string of the molecule is CCCN(CC(=O)OC)C(=O)c1ccc([N+](=O)[O-])cc1Cl. The maximum Gasteiger partial charge on any atom is 0.325 e. The van der Waals surface area contributed by atoms with E-state index in [1.54, 1.807) is 0 Å². The van der Waals surface area contributed by atoms with Gasteiger partial charge in [-0.3, -0.25) is 19.7 Å². The summed E-state index contributed by atoms with van der Waals surface area (Å²) in [6, 6.07) is 3.58. The van der Waals surface area contributed by atoms with E-state index in [9.17, 15) is 19.7 Å². The average Bonchev–Trinajstić information content (AvgIpc) is 2.45. The lowest BCUT2D eigenvalue weighted by Crippen LogP contribution is -2.36.